The summed E-state index contributed by atoms with van der Waals surface area (Å²) in [5.41, 5.74) is 5.89. The third kappa shape index (κ3) is 6.95. The third-order valence-corrected chi connectivity index (χ3v) is 4.57. The lowest BCUT2D eigenvalue weighted by atomic mass is 10.0. The van der Waals surface area contributed by atoms with Crippen molar-refractivity contribution in [3.63, 3.8) is 0 Å². The fourth-order valence-corrected chi connectivity index (χ4v) is 3.02. The van der Waals surface area contributed by atoms with Crippen molar-refractivity contribution in [2.45, 2.75) is 38.4 Å². The van der Waals surface area contributed by atoms with Crippen LogP contribution in [0.2, 0.25) is 0 Å². The Kier molecular flexibility index (Phi) is 8.38. The van der Waals surface area contributed by atoms with Crippen molar-refractivity contribution in [2.24, 2.45) is 11.7 Å². The minimum absolute atomic E-state index is 0.00971. The maximum absolute atomic E-state index is 13.3. The topological polar surface area (TPSA) is 137 Å². The molecule has 0 aliphatic heterocycles. The number of fused-ring (bicyclic) bond motifs is 1. The Labute approximate surface area is 183 Å². The molecule has 2 rings (SSSR count). The molecule has 0 fully saturated rings. The van der Waals surface area contributed by atoms with E-state index < -0.39 is 35.3 Å². The zero-order valence-corrected chi connectivity index (χ0v) is 17.9. The Hall–Kier alpha value is -3.14. The highest BCUT2D eigenvalue weighted by molar-refractivity contribution is 6.29. The van der Waals surface area contributed by atoms with Gasteiger partial charge in [0.05, 0.1) is 6.54 Å². The van der Waals surface area contributed by atoms with E-state index in [4.69, 9.17) is 17.3 Å². The van der Waals surface area contributed by atoms with E-state index in [9.17, 15) is 23.6 Å². The zero-order chi connectivity index (χ0) is 23.1. The Morgan fingerprint density at radius 3 is 2.48 bits per heavy atom. The first-order valence-electron chi connectivity index (χ1n) is 9.65. The van der Waals surface area contributed by atoms with Gasteiger partial charge in [-0.2, -0.15) is 0 Å². The largest absolute Gasteiger partial charge is 0.370 e. The fourth-order valence-electron chi connectivity index (χ4n) is 2.91. The van der Waals surface area contributed by atoms with Gasteiger partial charge in [0.2, 0.25) is 5.91 Å². The number of nitrogens with zero attached hydrogens (tertiary/aromatic N) is 1. The Morgan fingerprint density at radius 2 is 1.90 bits per heavy atom. The van der Waals surface area contributed by atoms with E-state index in [1.54, 1.807) is 6.07 Å². The molecule has 4 amide bonds. The van der Waals surface area contributed by atoms with E-state index in [-0.39, 0.29) is 31.0 Å². The van der Waals surface area contributed by atoms with Gasteiger partial charge in [0.1, 0.15) is 11.7 Å². The normalized spacial score (nSPS) is 12.9. The number of carbonyl (C=O) groups excluding carboxylic acids is 4. The van der Waals surface area contributed by atoms with Gasteiger partial charge in [-0.05, 0) is 24.5 Å². The van der Waals surface area contributed by atoms with Crippen LogP contribution in [0.3, 0.4) is 0 Å². The number of nitrogens with one attached hydrogen (secondary N) is 3. The summed E-state index contributed by atoms with van der Waals surface area (Å²) < 4.78 is 13.3. The molecule has 1 aromatic carbocycles. The molecule has 2 atom stereocenters. The van der Waals surface area contributed by atoms with Crippen LogP contribution in [0.5, 0.6) is 0 Å². The molecule has 0 bridgehead atoms. The van der Waals surface area contributed by atoms with Crippen LogP contribution in [0.4, 0.5) is 4.39 Å². The molecule has 168 valence electrons. The first-order chi connectivity index (χ1) is 14.6. The molecule has 0 spiro atoms. The number of H-pyrrole nitrogens is 1. The number of para-hydroxylation sites is 1. The summed E-state index contributed by atoms with van der Waals surface area (Å²) in [6, 6.07) is 7.92. The third-order valence-electron chi connectivity index (χ3n) is 4.38. The lowest BCUT2D eigenvalue weighted by Gasteiger charge is -2.27. The second-order valence-corrected chi connectivity index (χ2v) is 7.79. The first-order valence-corrected chi connectivity index (χ1v) is 10.1. The van der Waals surface area contributed by atoms with Gasteiger partial charge >= 0.3 is 0 Å². The van der Waals surface area contributed by atoms with Crippen LogP contribution in [0.15, 0.2) is 30.3 Å². The number of aromatic nitrogens is 1. The number of hydrogen-bond donors (Lipinski definition) is 4. The number of hydrazine groups is 1. The molecule has 0 saturated carbocycles. The maximum Gasteiger partial charge on any atom is 0.291 e. The van der Waals surface area contributed by atoms with Crippen LogP contribution in [0, 0.1) is 5.92 Å². The summed E-state index contributed by atoms with van der Waals surface area (Å²) in [7, 11) is 0. The summed E-state index contributed by atoms with van der Waals surface area (Å²) in [5.74, 6) is -3.26. The quantitative estimate of drug-likeness (QED) is 0.338. The Morgan fingerprint density at radius 1 is 1.23 bits per heavy atom. The van der Waals surface area contributed by atoms with E-state index in [1.807, 2.05) is 38.1 Å². The minimum atomic E-state index is -2.42. The van der Waals surface area contributed by atoms with Crippen LogP contribution in [-0.4, -0.2) is 51.8 Å². The average molecular weight is 454 g/mol. The number of hydrogen-bond acceptors (Lipinski definition) is 4. The van der Waals surface area contributed by atoms with Crippen LogP contribution < -0.4 is 16.5 Å². The molecule has 1 aromatic heterocycles. The molecule has 0 aliphatic rings. The highest BCUT2D eigenvalue weighted by atomic mass is 35.5. The molecule has 0 saturated heterocycles. The molecule has 2 aromatic rings. The van der Waals surface area contributed by atoms with Crippen molar-refractivity contribution in [3.8, 4) is 0 Å². The molecule has 1 heterocycles. The van der Waals surface area contributed by atoms with E-state index in [0.717, 1.165) is 10.9 Å². The number of nitrogens with two attached hydrogens (primary N) is 1. The number of halogens is 2. The number of rotatable bonds is 9. The second kappa shape index (κ2) is 10.8. The highest BCUT2D eigenvalue weighted by Gasteiger charge is 2.29. The van der Waals surface area contributed by atoms with E-state index in [2.05, 4.69) is 15.7 Å². The minimum Gasteiger partial charge on any atom is -0.370 e. The highest BCUT2D eigenvalue weighted by Crippen LogP contribution is 2.15. The van der Waals surface area contributed by atoms with Gasteiger partial charge in [-0.25, -0.2) is 9.40 Å². The van der Waals surface area contributed by atoms with Gasteiger partial charge in [-0.1, -0.05) is 43.6 Å². The number of amides is 4. The molecule has 11 heteroatoms. The molecule has 31 heavy (non-hydrogen) atoms. The number of primary amides is 1. The smallest absolute Gasteiger partial charge is 0.291 e. The molecule has 0 aliphatic carbocycles. The molecule has 5 N–H and O–H groups in total. The van der Waals surface area contributed by atoms with Gasteiger partial charge < -0.3 is 16.0 Å². The van der Waals surface area contributed by atoms with Gasteiger partial charge in [0.25, 0.3) is 23.4 Å². The van der Waals surface area contributed by atoms with E-state index in [1.165, 1.54) is 0 Å². The van der Waals surface area contributed by atoms with Crippen molar-refractivity contribution in [2.75, 3.05) is 6.54 Å². The molecular weight excluding hydrogens is 429 g/mol. The SMILES string of the molecule is CC(C)C[C@@H](NC(=O)c1cc2ccccc2[nH]1)C(=O)NN(CCC(N)=O)C(=O)C(F)Cl. The zero-order valence-electron chi connectivity index (χ0n) is 17.2. The molecule has 9 nitrogen and oxygen atoms in total. The van der Waals surface area contributed by atoms with Gasteiger partial charge in [-0.3, -0.25) is 24.6 Å². The van der Waals surface area contributed by atoms with Crippen molar-refractivity contribution < 1.29 is 23.6 Å². The number of aromatic amines is 1. The van der Waals surface area contributed by atoms with Crippen LogP contribution >= 0.6 is 11.6 Å². The summed E-state index contributed by atoms with van der Waals surface area (Å²) >= 11 is 5.19. The van der Waals surface area contributed by atoms with Crippen LogP contribution in [0.1, 0.15) is 37.2 Å². The van der Waals surface area contributed by atoms with Crippen molar-refractivity contribution >= 4 is 46.1 Å². The number of carbonyl (C=O) groups is 4. The van der Waals surface area contributed by atoms with Crippen molar-refractivity contribution in [1.29, 1.82) is 0 Å². The van der Waals surface area contributed by atoms with Gasteiger partial charge in [0.15, 0.2) is 0 Å². The Balaban J connectivity index is 2.16. The summed E-state index contributed by atoms with van der Waals surface area (Å²) in [4.78, 5) is 51.4. The van der Waals surface area contributed by atoms with Gasteiger partial charge in [-0.15, -0.1) is 0 Å². The first kappa shape index (κ1) is 24.1. The second-order valence-electron chi connectivity index (χ2n) is 7.41. The van der Waals surface area contributed by atoms with Crippen LogP contribution in [-0.2, 0) is 14.4 Å². The summed E-state index contributed by atoms with van der Waals surface area (Å²) in [6.45, 7) is 3.33. The van der Waals surface area contributed by atoms with Crippen LogP contribution in [0.25, 0.3) is 10.9 Å². The lowest BCUT2D eigenvalue weighted by molar-refractivity contribution is -0.144. The van der Waals surface area contributed by atoms with E-state index >= 15 is 0 Å². The molecular formula is C20H25ClFN5O4. The summed E-state index contributed by atoms with van der Waals surface area (Å²) in [6.07, 6.45) is -0.0680. The maximum atomic E-state index is 13.3. The molecule has 1 unspecified atom stereocenters. The predicted octanol–water partition coefficient (Wildman–Crippen LogP) is 1.58. The Bertz CT molecular complexity index is 929. The predicted molar refractivity (Wildman–Crippen MR) is 113 cm³/mol. The van der Waals surface area contributed by atoms with Crippen molar-refractivity contribution in [3.05, 3.63) is 36.0 Å². The number of alkyl halides is 2. The lowest BCUT2D eigenvalue weighted by Crippen LogP contribution is -2.56. The van der Waals surface area contributed by atoms with Gasteiger partial charge in [0, 0.05) is 17.3 Å². The fraction of sp³-hybridized carbons (Fsp3) is 0.400. The standard InChI is InChI=1S/C20H25ClFN5O4/c1-11(2)9-14(19(30)26-27(8-7-16(23)28)20(31)17(21)22)25-18(29)15-10-12-5-3-4-6-13(12)24-15/h3-6,10-11,14,17,24H,7-9H2,1-2H3,(H2,23,28)(H,25,29)(H,26,30)/t14-,17?/m1/s1. The average Bonchev–Trinajstić information content (AvgIpc) is 3.13. The van der Waals surface area contributed by atoms with Crippen molar-refractivity contribution in [1.82, 2.24) is 20.7 Å². The molecule has 0 radical (unpaired) electrons. The van der Waals surface area contributed by atoms with E-state index in [0.29, 0.717) is 5.01 Å². The summed E-state index contributed by atoms with van der Waals surface area (Å²) in [5, 5.41) is 4.05. The monoisotopic (exact) mass is 453 g/mol. The number of benzene rings is 1.